The van der Waals surface area contributed by atoms with Crippen molar-refractivity contribution < 1.29 is 9.47 Å². The van der Waals surface area contributed by atoms with Crippen LogP contribution in [0.15, 0.2) is 24.3 Å². The second kappa shape index (κ2) is 6.51. The Morgan fingerprint density at radius 3 is 2.63 bits per heavy atom. The lowest BCUT2D eigenvalue weighted by molar-refractivity contribution is -0.0104. The normalized spacial score (nSPS) is 24.6. The van der Waals surface area contributed by atoms with Gasteiger partial charge in [0, 0.05) is 13.7 Å². The lowest BCUT2D eigenvalue weighted by atomic mass is 9.87. The van der Waals surface area contributed by atoms with Crippen LogP contribution in [0.4, 0.5) is 0 Å². The van der Waals surface area contributed by atoms with E-state index in [1.165, 1.54) is 11.1 Å². The van der Waals surface area contributed by atoms with Crippen molar-refractivity contribution in [2.45, 2.75) is 37.8 Å². The molecule has 106 valence electrons. The number of hydrogen-bond donors (Lipinski definition) is 1. The number of ether oxygens (including phenoxy) is 2. The van der Waals surface area contributed by atoms with Gasteiger partial charge >= 0.3 is 0 Å². The van der Waals surface area contributed by atoms with Gasteiger partial charge in [-0.25, -0.2) is 0 Å². The zero-order valence-corrected chi connectivity index (χ0v) is 12.2. The molecule has 0 amide bonds. The fourth-order valence-electron chi connectivity index (χ4n) is 2.95. The fraction of sp³-hybridized carbons (Fsp3) is 0.625. The maximum absolute atomic E-state index is 5.96. The summed E-state index contributed by atoms with van der Waals surface area (Å²) in [5.74, 6) is 0. The van der Waals surface area contributed by atoms with Crippen molar-refractivity contribution in [3.63, 3.8) is 0 Å². The van der Waals surface area contributed by atoms with E-state index in [2.05, 4.69) is 36.5 Å². The Labute approximate surface area is 116 Å². The van der Waals surface area contributed by atoms with Crippen molar-refractivity contribution in [1.29, 1.82) is 0 Å². The zero-order valence-electron chi connectivity index (χ0n) is 12.2. The van der Waals surface area contributed by atoms with Crippen molar-refractivity contribution in [3.8, 4) is 0 Å². The molecule has 1 aliphatic rings. The predicted molar refractivity (Wildman–Crippen MR) is 77.4 cm³/mol. The maximum Gasteiger partial charge on any atom is 0.0849 e. The minimum Gasteiger partial charge on any atom is -0.384 e. The predicted octanol–water partition coefficient (Wildman–Crippen LogP) is 2.71. The van der Waals surface area contributed by atoms with Gasteiger partial charge in [-0.15, -0.1) is 0 Å². The monoisotopic (exact) mass is 263 g/mol. The van der Waals surface area contributed by atoms with Crippen LogP contribution in [0.1, 0.15) is 36.9 Å². The molecule has 1 N–H and O–H groups in total. The van der Waals surface area contributed by atoms with Gasteiger partial charge in [-0.05, 0) is 44.4 Å². The fourth-order valence-corrected chi connectivity index (χ4v) is 2.95. The molecular formula is C16H25NO2. The van der Waals surface area contributed by atoms with Gasteiger partial charge in [-0.2, -0.15) is 0 Å². The first-order valence-electron chi connectivity index (χ1n) is 7.08. The Morgan fingerprint density at radius 2 is 2.11 bits per heavy atom. The third kappa shape index (κ3) is 3.35. The van der Waals surface area contributed by atoms with Crippen molar-refractivity contribution in [1.82, 2.24) is 5.32 Å². The molecule has 1 fully saturated rings. The van der Waals surface area contributed by atoms with Crippen LogP contribution in [0, 0.1) is 0 Å². The van der Waals surface area contributed by atoms with E-state index in [9.17, 15) is 0 Å². The SMILES string of the molecule is CNC(c1ccc(CCOC)cc1)C1(C)CCCO1. The van der Waals surface area contributed by atoms with E-state index >= 15 is 0 Å². The largest absolute Gasteiger partial charge is 0.384 e. The van der Waals surface area contributed by atoms with E-state index in [-0.39, 0.29) is 11.6 Å². The molecule has 19 heavy (non-hydrogen) atoms. The number of benzene rings is 1. The third-order valence-corrected chi connectivity index (χ3v) is 4.06. The average Bonchev–Trinajstić information content (AvgIpc) is 2.86. The first-order chi connectivity index (χ1) is 9.19. The molecule has 3 nitrogen and oxygen atoms in total. The zero-order chi connectivity index (χ0) is 13.7. The number of likely N-dealkylation sites (N-methyl/N-ethyl adjacent to an activating group) is 1. The number of rotatable bonds is 6. The van der Waals surface area contributed by atoms with Crippen LogP contribution in [0.25, 0.3) is 0 Å². The molecular weight excluding hydrogens is 238 g/mol. The van der Waals surface area contributed by atoms with Gasteiger partial charge in [0.1, 0.15) is 0 Å². The van der Waals surface area contributed by atoms with E-state index in [0.29, 0.717) is 0 Å². The summed E-state index contributed by atoms with van der Waals surface area (Å²) in [5, 5.41) is 3.41. The molecule has 0 aliphatic carbocycles. The summed E-state index contributed by atoms with van der Waals surface area (Å²) in [7, 11) is 3.75. The Morgan fingerprint density at radius 1 is 1.37 bits per heavy atom. The average molecular weight is 263 g/mol. The third-order valence-electron chi connectivity index (χ3n) is 4.06. The van der Waals surface area contributed by atoms with Crippen LogP contribution < -0.4 is 5.32 Å². The topological polar surface area (TPSA) is 30.5 Å². The summed E-state index contributed by atoms with van der Waals surface area (Å²) in [5.41, 5.74) is 2.54. The summed E-state index contributed by atoms with van der Waals surface area (Å²) < 4.78 is 11.1. The molecule has 3 heteroatoms. The van der Waals surface area contributed by atoms with E-state index < -0.39 is 0 Å². The Kier molecular flexibility index (Phi) is 4.97. The van der Waals surface area contributed by atoms with Crippen molar-refractivity contribution in [2.75, 3.05) is 27.4 Å². The molecule has 2 atom stereocenters. The van der Waals surface area contributed by atoms with Crippen LogP contribution in [-0.2, 0) is 15.9 Å². The van der Waals surface area contributed by atoms with Gasteiger partial charge in [0.25, 0.3) is 0 Å². The van der Waals surface area contributed by atoms with E-state index in [1.807, 2.05) is 7.05 Å². The van der Waals surface area contributed by atoms with Gasteiger partial charge in [0.15, 0.2) is 0 Å². The van der Waals surface area contributed by atoms with E-state index in [0.717, 1.165) is 32.5 Å². The smallest absolute Gasteiger partial charge is 0.0849 e. The molecule has 1 saturated heterocycles. The van der Waals surface area contributed by atoms with Crippen molar-refractivity contribution in [3.05, 3.63) is 35.4 Å². The molecule has 2 rings (SSSR count). The Hall–Kier alpha value is -0.900. The second-order valence-electron chi connectivity index (χ2n) is 5.47. The molecule has 0 aromatic heterocycles. The summed E-state index contributed by atoms with van der Waals surface area (Å²) in [6, 6.07) is 9.05. The second-order valence-corrected chi connectivity index (χ2v) is 5.47. The van der Waals surface area contributed by atoms with Gasteiger partial charge in [0.2, 0.25) is 0 Å². The van der Waals surface area contributed by atoms with Gasteiger partial charge in [-0.1, -0.05) is 24.3 Å². The molecule has 1 heterocycles. The number of methoxy groups -OCH3 is 1. The van der Waals surface area contributed by atoms with Crippen LogP contribution in [0.3, 0.4) is 0 Å². The minimum atomic E-state index is -0.0806. The molecule has 0 spiro atoms. The minimum absolute atomic E-state index is 0.0806. The van der Waals surface area contributed by atoms with Gasteiger partial charge in [-0.3, -0.25) is 0 Å². The van der Waals surface area contributed by atoms with E-state index in [4.69, 9.17) is 9.47 Å². The van der Waals surface area contributed by atoms with Gasteiger partial charge in [0.05, 0.1) is 18.2 Å². The van der Waals surface area contributed by atoms with Crippen molar-refractivity contribution in [2.24, 2.45) is 0 Å². The van der Waals surface area contributed by atoms with Crippen molar-refractivity contribution >= 4 is 0 Å². The molecule has 0 bridgehead atoms. The Balaban J connectivity index is 2.10. The summed E-state index contributed by atoms with van der Waals surface area (Å²) >= 11 is 0. The van der Waals surface area contributed by atoms with Crippen LogP contribution >= 0.6 is 0 Å². The van der Waals surface area contributed by atoms with Crippen LogP contribution in [0.5, 0.6) is 0 Å². The van der Waals surface area contributed by atoms with Gasteiger partial charge < -0.3 is 14.8 Å². The van der Waals surface area contributed by atoms with Crippen LogP contribution in [0.2, 0.25) is 0 Å². The number of nitrogens with one attached hydrogen (secondary N) is 1. The highest BCUT2D eigenvalue weighted by Crippen LogP contribution is 2.37. The summed E-state index contributed by atoms with van der Waals surface area (Å²) in [6.45, 7) is 3.86. The highest BCUT2D eigenvalue weighted by Gasteiger charge is 2.38. The van der Waals surface area contributed by atoms with E-state index in [1.54, 1.807) is 7.11 Å². The highest BCUT2D eigenvalue weighted by molar-refractivity contribution is 5.27. The Bertz CT molecular complexity index is 382. The molecule has 1 aliphatic heterocycles. The summed E-state index contributed by atoms with van der Waals surface area (Å²) in [4.78, 5) is 0. The molecule has 1 aromatic carbocycles. The first kappa shape index (κ1) is 14.5. The quantitative estimate of drug-likeness (QED) is 0.856. The molecule has 0 radical (unpaired) electrons. The lowest BCUT2D eigenvalue weighted by Crippen LogP contribution is -2.39. The molecule has 1 aromatic rings. The standard InChI is InChI=1S/C16H25NO2/c1-16(10-4-11-19-16)15(17-2)14-7-5-13(6-8-14)9-12-18-3/h5-8,15,17H,4,9-12H2,1-3H3. The summed E-state index contributed by atoms with van der Waals surface area (Å²) in [6.07, 6.45) is 3.24. The first-order valence-corrected chi connectivity index (χ1v) is 7.08. The number of hydrogen-bond acceptors (Lipinski definition) is 3. The highest BCUT2D eigenvalue weighted by atomic mass is 16.5. The molecule has 0 saturated carbocycles. The lowest BCUT2D eigenvalue weighted by Gasteiger charge is -2.33. The molecule has 2 unspecified atom stereocenters. The maximum atomic E-state index is 5.96. The van der Waals surface area contributed by atoms with Crippen LogP contribution in [-0.4, -0.2) is 33.0 Å².